The Hall–Kier alpha value is -1.36. The second-order valence-corrected chi connectivity index (χ2v) is 1.78. The minimum atomic E-state index is 0.870. The van der Waals surface area contributed by atoms with E-state index in [1.807, 2.05) is 6.92 Å². The molecular formula is C8H8N2. The molecule has 0 amide bonds. The van der Waals surface area contributed by atoms with Crippen LogP contribution in [0.3, 0.4) is 0 Å². The molecule has 0 fully saturated rings. The minimum Gasteiger partial charge on any atom is -0.244 e. The fraction of sp³-hybridized carbons (Fsp3) is 0.250. The SMILES string of the molecule is CCC#Cc1cncnc1. The monoisotopic (exact) mass is 132 g/mol. The maximum atomic E-state index is 3.82. The zero-order valence-electron chi connectivity index (χ0n) is 5.83. The normalized spacial score (nSPS) is 8.10. The summed E-state index contributed by atoms with van der Waals surface area (Å²) in [6.45, 7) is 2.01. The molecular weight excluding hydrogens is 124 g/mol. The van der Waals surface area contributed by atoms with Crippen LogP contribution in [0.5, 0.6) is 0 Å². The number of hydrogen-bond donors (Lipinski definition) is 0. The van der Waals surface area contributed by atoms with Crippen molar-refractivity contribution in [1.82, 2.24) is 9.97 Å². The van der Waals surface area contributed by atoms with Gasteiger partial charge in [0.25, 0.3) is 0 Å². The van der Waals surface area contributed by atoms with Gasteiger partial charge in [-0.2, -0.15) is 0 Å². The van der Waals surface area contributed by atoms with Crippen molar-refractivity contribution in [3.05, 3.63) is 24.3 Å². The molecule has 0 radical (unpaired) electrons. The maximum Gasteiger partial charge on any atom is 0.115 e. The molecule has 1 aromatic heterocycles. The van der Waals surface area contributed by atoms with Crippen molar-refractivity contribution in [1.29, 1.82) is 0 Å². The number of hydrogen-bond acceptors (Lipinski definition) is 2. The zero-order valence-corrected chi connectivity index (χ0v) is 5.83. The quantitative estimate of drug-likeness (QED) is 0.496. The van der Waals surface area contributed by atoms with Gasteiger partial charge in [0.2, 0.25) is 0 Å². The molecule has 0 aliphatic heterocycles. The van der Waals surface area contributed by atoms with Crippen LogP contribution in [-0.4, -0.2) is 9.97 Å². The molecule has 0 atom stereocenters. The van der Waals surface area contributed by atoms with E-state index in [1.54, 1.807) is 12.4 Å². The number of nitrogens with zero attached hydrogens (tertiary/aromatic N) is 2. The summed E-state index contributed by atoms with van der Waals surface area (Å²) in [6.07, 6.45) is 5.78. The third-order valence-electron chi connectivity index (χ3n) is 0.970. The fourth-order valence-corrected chi connectivity index (χ4v) is 0.554. The molecule has 1 rings (SSSR count). The van der Waals surface area contributed by atoms with Gasteiger partial charge in [-0.05, 0) is 0 Å². The average molecular weight is 132 g/mol. The van der Waals surface area contributed by atoms with Crippen molar-refractivity contribution in [2.24, 2.45) is 0 Å². The van der Waals surface area contributed by atoms with E-state index in [9.17, 15) is 0 Å². The van der Waals surface area contributed by atoms with Gasteiger partial charge in [0.15, 0.2) is 0 Å². The first-order valence-corrected chi connectivity index (χ1v) is 3.17. The van der Waals surface area contributed by atoms with Crippen molar-refractivity contribution in [2.45, 2.75) is 13.3 Å². The Balaban J connectivity index is 2.76. The minimum absolute atomic E-state index is 0.870. The van der Waals surface area contributed by atoms with Gasteiger partial charge >= 0.3 is 0 Å². The van der Waals surface area contributed by atoms with E-state index >= 15 is 0 Å². The van der Waals surface area contributed by atoms with Gasteiger partial charge in [-0.15, -0.1) is 0 Å². The second-order valence-electron chi connectivity index (χ2n) is 1.78. The van der Waals surface area contributed by atoms with Gasteiger partial charge in [-0.3, -0.25) is 0 Å². The van der Waals surface area contributed by atoms with E-state index in [2.05, 4.69) is 21.8 Å². The molecule has 0 bridgehead atoms. The molecule has 1 heterocycles. The summed E-state index contributed by atoms with van der Waals surface area (Å²) in [5, 5.41) is 0. The van der Waals surface area contributed by atoms with Crippen LogP contribution in [0.15, 0.2) is 18.7 Å². The first kappa shape index (κ1) is 6.76. The van der Waals surface area contributed by atoms with Gasteiger partial charge in [0, 0.05) is 18.8 Å². The maximum absolute atomic E-state index is 3.82. The van der Waals surface area contributed by atoms with Crippen LogP contribution < -0.4 is 0 Å². The first-order valence-electron chi connectivity index (χ1n) is 3.17. The van der Waals surface area contributed by atoms with Crippen molar-refractivity contribution >= 4 is 0 Å². The highest BCUT2D eigenvalue weighted by Crippen LogP contribution is 1.87. The molecule has 0 saturated heterocycles. The summed E-state index contributed by atoms with van der Waals surface area (Å²) >= 11 is 0. The van der Waals surface area contributed by atoms with Gasteiger partial charge in [0.05, 0.1) is 5.56 Å². The first-order chi connectivity index (χ1) is 4.93. The average Bonchev–Trinajstić information content (AvgIpc) is 2.03. The van der Waals surface area contributed by atoms with E-state index in [0.717, 1.165) is 12.0 Å². The molecule has 0 aromatic carbocycles. The molecule has 0 unspecified atom stereocenters. The third-order valence-corrected chi connectivity index (χ3v) is 0.970. The van der Waals surface area contributed by atoms with Crippen LogP contribution in [0, 0.1) is 11.8 Å². The topological polar surface area (TPSA) is 25.8 Å². The molecule has 50 valence electrons. The molecule has 2 heteroatoms. The number of aromatic nitrogens is 2. The largest absolute Gasteiger partial charge is 0.244 e. The highest BCUT2D eigenvalue weighted by Gasteiger charge is 1.80. The van der Waals surface area contributed by atoms with Gasteiger partial charge < -0.3 is 0 Å². The summed E-state index contributed by atoms with van der Waals surface area (Å²) in [6, 6.07) is 0. The number of rotatable bonds is 0. The van der Waals surface area contributed by atoms with Crippen molar-refractivity contribution in [2.75, 3.05) is 0 Å². The van der Waals surface area contributed by atoms with E-state index in [-0.39, 0.29) is 0 Å². The third kappa shape index (κ3) is 1.87. The summed E-state index contributed by atoms with van der Waals surface area (Å²) in [5.74, 6) is 5.85. The molecule has 10 heavy (non-hydrogen) atoms. The van der Waals surface area contributed by atoms with Crippen LogP contribution in [0.4, 0.5) is 0 Å². The zero-order chi connectivity index (χ0) is 7.23. The van der Waals surface area contributed by atoms with Crippen molar-refractivity contribution in [3.63, 3.8) is 0 Å². The molecule has 0 saturated carbocycles. The standard InChI is InChI=1S/C8H8N2/c1-2-3-4-8-5-9-7-10-6-8/h5-7H,2H2,1H3. The van der Waals surface area contributed by atoms with Crippen LogP contribution in [0.2, 0.25) is 0 Å². The summed E-state index contributed by atoms with van der Waals surface area (Å²) < 4.78 is 0. The fourth-order valence-electron chi connectivity index (χ4n) is 0.554. The van der Waals surface area contributed by atoms with E-state index in [0.29, 0.717) is 0 Å². The highest BCUT2D eigenvalue weighted by atomic mass is 14.8. The van der Waals surface area contributed by atoms with Crippen LogP contribution in [0.1, 0.15) is 18.9 Å². The Kier molecular flexibility index (Phi) is 2.45. The van der Waals surface area contributed by atoms with Crippen LogP contribution in [0.25, 0.3) is 0 Å². The lowest BCUT2D eigenvalue weighted by Gasteiger charge is -1.83. The van der Waals surface area contributed by atoms with E-state index in [1.165, 1.54) is 6.33 Å². The molecule has 0 spiro atoms. The summed E-state index contributed by atoms with van der Waals surface area (Å²) in [4.78, 5) is 7.65. The molecule has 2 nitrogen and oxygen atoms in total. The molecule has 0 N–H and O–H groups in total. The molecule has 0 aliphatic carbocycles. The summed E-state index contributed by atoms with van der Waals surface area (Å²) in [5.41, 5.74) is 0.879. The molecule has 1 aromatic rings. The van der Waals surface area contributed by atoms with Crippen LogP contribution >= 0.6 is 0 Å². The predicted octanol–water partition coefficient (Wildman–Crippen LogP) is 1.24. The van der Waals surface area contributed by atoms with Crippen LogP contribution in [-0.2, 0) is 0 Å². The lowest BCUT2D eigenvalue weighted by Crippen LogP contribution is -1.78. The highest BCUT2D eigenvalue weighted by molar-refractivity contribution is 5.28. The smallest absolute Gasteiger partial charge is 0.115 e. The Labute approximate surface area is 60.3 Å². The van der Waals surface area contributed by atoms with Crippen molar-refractivity contribution in [3.8, 4) is 11.8 Å². The molecule has 0 aliphatic rings. The Bertz CT molecular complexity index is 243. The Morgan fingerprint density at radius 2 is 2.10 bits per heavy atom. The summed E-state index contributed by atoms with van der Waals surface area (Å²) in [7, 11) is 0. The van der Waals surface area contributed by atoms with Gasteiger partial charge in [0.1, 0.15) is 6.33 Å². The lowest BCUT2D eigenvalue weighted by molar-refractivity contribution is 1.15. The van der Waals surface area contributed by atoms with Gasteiger partial charge in [-0.25, -0.2) is 9.97 Å². The Morgan fingerprint density at radius 1 is 1.40 bits per heavy atom. The second kappa shape index (κ2) is 3.62. The van der Waals surface area contributed by atoms with Gasteiger partial charge in [-0.1, -0.05) is 18.8 Å². The van der Waals surface area contributed by atoms with E-state index in [4.69, 9.17) is 0 Å². The lowest BCUT2D eigenvalue weighted by atomic mass is 10.3. The van der Waals surface area contributed by atoms with E-state index < -0.39 is 0 Å². The Morgan fingerprint density at radius 3 is 2.70 bits per heavy atom. The predicted molar refractivity (Wildman–Crippen MR) is 39.2 cm³/mol. The van der Waals surface area contributed by atoms with Crippen molar-refractivity contribution < 1.29 is 0 Å².